The van der Waals surface area contributed by atoms with Gasteiger partial charge in [0, 0.05) is 5.56 Å². The predicted molar refractivity (Wildman–Crippen MR) is 90.0 cm³/mol. The monoisotopic (exact) mass is 312 g/mol. The fraction of sp³-hybridized carbons (Fsp3) is 0.222. The molecule has 0 unspecified atom stereocenters. The van der Waals surface area contributed by atoms with E-state index in [2.05, 4.69) is 10.5 Å². The molecule has 0 fully saturated rings. The Balaban J connectivity index is 2.17. The highest BCUT2D eigenvalue weighted by atomic mass is 16.3. The molecule has 0 aliphatic heterocycles. The number of phenols is 2. The lowest BCUT2D eigenvalue weighted by atomic mass is 9.86. The molecule has 5 nitrogen and oxygen atoms in total. The minimum absolute atomic E-state index is 0.0723. The molecule has 0 aliphatic carbocycles. The van der Waals surface area contributed by atoms with Gasteiger partial charge in [0.15, 0.2) is 0 Å². The highest BCUT2D eigenvalue weighted by molar-refractivity contribution is 5.97. The summed E-state index contributed by atoms with van der Waals surface area (Å²) in [6.45, 7) is 6.08. The molecule has 0 atom stereocenters. The summed E-state index contributed by atoms with van der Waals surface area (Å²) in [4.78, 5) is 12.2. The van der Waals surface area contributed by atoms with E-state index < -0.39 is 5.91 Å². The number of nitrogens with zero attached hydrogens (tertiary/aromatic N) is 1. The van der Waals surface area contributed by atoms with Gasteiger partial charge in [0.05, 0.1) is 11.8 Å². The second kappa shape index (κ2) is 6.52. The average molecular weight is 312 g/mol. The van der Waals surface area contributed by atoms with Gasteiger partial charge in [-0.05, 0) is 35.2 Å². The highest BCUT2D eigenvalue weighted by Crippen LogP contribution is 2.27. The van der Waals surface area contributed by atoms with Gasteiger partial charge in [-0.1, -0.05) is 39.0 Å². The van der Waals surface area contributed by atoms with Gasteiger partial charge in [-0.15, -0.1) is 0 Å². The number of aromatic hydroxyl groups is 2. The molecule has 120 valence electrons. The van der Waals surface area contributed by atoms with Gasteiger partial charge in [-0.3, -0.25) is 4.79 Å². The van der Waals surface area contributed by atoms with Crippen LogP contribution in [-0.2, 0) is 5.41 Å². The molecule has 0 heterocycles. The van der Waals surface area contributed by atoms with Crippen LogP contribution in [0, 0.1) is 0 Å². The van der Waals surface area contributed by atoms with Crippen LogP contribution in [0.1, 0.15) is 42.3 Å². The maximum Gasteiger partial charge on any atom is 0.275 e. The van der Waals surface area contributed by atoms with Crippen LogP contribution < -0.4 is 5.43 Å². The molecular weight excluding hydrogens is 292 g/mol. The van der Waals surface area contributed by atoms with Crippen LogP contribution in [0.2, 0.25) is 0 Å². The summed E-state index contributed by atoms with van der Waals surface area (Å²) in [6.07, 6.45) is 1.35. The number of amides is 1. The van der Waals surface area contributed by atoms with Gasteiger partial charge in [-0.25, -0.2) is 5.43 Å². The van der Waals surface area contributed by atoms with Crippen molar-refractivity contribution in [2.45, 2.75) is 26.2 Å². The van der Waals surface area contributed by atoms with Crippen molar-refractivity contribution in [3.63, 3.8) is 0 Å². The molecular formula is C18H20N2O3. The quantitative estimate of drug-likeness (QED) is 0.601. The van der Waals surface area contributed by atoms with Crippen LogP contribution >= 0.6 is 0 Å². The van der Waals surface area contributed by atoms with Crippen molar-refractivity contribution in [1.82, 2.24) is 5.43 Å². The van der Waals surface area contributed by atoms with E-state index in [1.54, 1.807) is 30.3 Å². The summed E-state index contributed by atoms with van der Waals surface area (Å²) < 4.78 is 0. The Bertz CT molecular complexity index is 746. The second-order valence-corrected chi connectivity index (χ2v) is 6.24. The zero-order valence-electron chi connectivity index (χ0n) is 13.4. The van der Waals surface area contributed by atoms with Crippen molar-refractivity contribution in [3.05, 3.63) is 59.2 Å². The van der Waals surface area contributed by atoms with Crippen LogP contribution in [0.3, 0.4) is 0 Å². The Hall–Kier alpha value is -2.82. The van der Waals surface area contributed by atoms with E-state index in [1.807, 2.05) is 20.8 Å². The molecule has 2 rings (SSSR count). The average Bonchev–Trinajstić information content (AvgIpc) is 2.48. The van der Waals surface area contributed by atoms with Crippen LogP contribution in [-0.4, -0.2) is 22.3 Å². The number of nitrogens with one attached hydrogen (secondary N) is 1. The lowest BCUT2D eigenvalue weighted by Crippen LogP contribution is -2.19. The van der Waals surface area contributed by atoms with Crippen LogP contribution in [0.15, 0.2) is 47.6 Å². The minimum Gasteiger partial charge on any atom is -0.507 e. The van der Waals surface area contributed by atoms with E-state index in [0.29, 0.717) is 5.56 Å². The minimum atomic E-state index is -0.514. The third-order valence-electron chi connectivity index (χ3n) is 3.41. The Morgan fingerprint density at radius 1 is 1.09 bits per heavy atom. The Kier molecular flexibility index (Phi) is 4.69. The van der Waals surface area contributed by atoms with Gasteiger partial charge in [0.25, 0.3) is 5.91 Å². The summed E-state index contributed by atoms with van der Waals surface area (Å²) in [5.74, 6) is -0.545. The van der Waals surface area contributed by atoms with E-state index in [4.69, 9.17) is 0 Å². The molecule has 1 amide bonds. The van der Waals surface area contributed by atoms with Crippen molar-refractivity contribution < 1.29 is 15.0 Å². The molecule has 2 aromatic carbocycles. The Morgan fingerprint density at radius 2 is 1.78 bits per heavy atom. The molecule has 0 saturated heterocycles. The van der Waals surface area contributed by atoms with E-state index in [-0.39, 0.29) is 22.5 Å². The number of carbonyl (C=O) groups excluding carboxylic acids is 1. The molecule has 3 N–H and O–H groups in total. The number of hydrogen-bond acceptors (Lipinski definition) is 4. The Labute approximate surface area is 135 Å². The number of para-hydroxylation sites is 1. The first-order valence-corrected chi connectivity index (χ1v) is 7.24. The van der Waals surface area contributed by atoms with E-state index in [9.17, 15) is 15.0 Å². The molecule has 0 aliphatic rings. The fourth-order valence-corrected chi connectivity index (χ4v) is 2.00. The Morgan fingerprint density at radius 3 is 2.43 bits per heavy atom. The first-order chi connectivity index (χ1) is 10.8. The molecule has 23 heavy (non-hydrogen) atoms. The van der Waals surface area contributed by atoms with Crippen molar-refractivity contribution in [2.24, 2.45) is 5.10 Å². The lowest BCUT2D eigenvalue weighted by Gasteiger charge is -2.19. The summed E-state index contributed by atoms with van der Waals surface area (Å²) >= 11 is 0. The SMILES string of the molecule is CC(C)(C)c1ccc(O)c(C(=O)NN=Cc2ccccc2O)c1. The van der Waals surface area contributed by atoms with Crippen molar-refractivity contribution in [3.8, 4) is 11.5 Å². The van der Waals surface area contributed by atoms with Gasteiger partial charge in [-0.2, -0.15) is 5.10 Å². The normalized spacial score (nSPS) is 11.6. The summed E-state index contributed by atoms with van der Waals surface area (Å²) in [5.41, 5.74) is 3.80. The molecule has 0 aromatic heterocycles. The predicted octanol–water partition coefficient (Wildman–Crippen LogP) is 3.16. The number of rotatable bonds is 3. The third-order valence-corrected chi connectivity index (χ3v) is 3.41. The maximum atomic E-state index is 12.2. The number of phenolic OH excluding ortho intramolecular Hbond substituents is 2. The number of hydrazone groups is 1. The maximum absolute atomic E-state index is 12.2. The third kappa shape index (κ3) is 4.10. The van der Waals surface area contributed by atoms with Crippen LogP contribution in [0.4, 0.5) is 0 Å². The van der Waals surface area contributed by atoms with Crippen molar-refractivity contribution in [2.75, 3.05) is 0 Å². The van der Waals surface area contributed by atoms with Crippen LogP contribution in [0.5, 0.6) is 11.5 Å². The molecule has 2 aromatic rings. The second-order valence-electron chi connectivity index (χ2n) is 6.24. The largest absolute Gasteiger partial charge is 0.507 e. The first-order valence-electron chi connectivity index (χ1n) is 7.24. The molecule has 0 saturated carbocycles. The molecule has 0 bridgehead atoms. The van der Waals surface area contributed by atoms with Gasteiger partial charge in [0.1, 0.15) is 11.5 Å². The summed E-state index contributed by atoms with van der Waals surface area (Å²) in [6, 6.07) is 11.6. The van der Waals surface area contributed by atoms with E-state index in [1.165, 1.54) is 18.3 Å². The highest BCUT2D eigenvalue weighted by Gasteiger charge is 2.18. The standard InChI is InChI=1S/C18H20N2O3/c1-18(2,3)13-8-9-16(22)14(10-13)17(23)20-19-11-12-6-4-5-7-15(12)21/h4-11,21-22H,1-3H3,(H,20,23). The van der Waals surface area contributed by atoms with Gasteiger partial charge in [0.2, 0.25) is 0 Å². The zero-order valence-corrected chi connectivity index (χ0v) is 13.4. The number of hydrogen-bond donors (Lipinski definition) is 3. The number of carbonyl (C=O) groups is 1. The molecule has 0 spiro atoms. The van der Waals surface area contributed by atoms with Crippen molar-refractivity contribution >= 4 is 12.1 Å². The van der Waals surface area contributed by atoms with Gasteiger partial charge >= 0.3 is 0 Å². The van der Waals surface area contributed by atoms with Crippen molar-refractivity contribution in [1.29, 1.82) is 0 Å². The van der Waals surface area contributed by atoms with Crippen LogP contribution in [0.25, 0.3) is 0 Å². The smallest absolute Gasteiger partial charge is 0.275 e. The molecule has 5 heteroatoms. The summed E-state index contributed by atoms with van der Waals surface area (Å²) in [7, 11) is 0. The lowest BCUT2D eigenvalue weighted by molar-refractivity contribution is 0.0952. The molecule has 0 radical (unpaired) electrons. The summed E-state index contributed by atoms with van der Waals surface area (Å²) in [5, 5.41) is 23.3. The van der Waals surface area contributed by atoms with Gasteiger partial charge < -0.3 is 10.2 Å². The van der Waals surface area contributed by atoms with E-state index in [0.717, 1.165) is 5.56 Å². The number of benzene rings is 2. The first kappa shape index (κ1) is 16.5. The van der Waals surface area contributed by atoms with E-state index >= 15 is 0 Å². The fourth-order valence-electron chi connectivity index (χ4n) is 2.00. The topological polar surface area (TPSA) is 81.9 Å². The zero-order chi connectivity index (χ0) is 17.0.